The van der Waals surface area contributed by atoms with Gasteiger partial charge < -0.3 is 15.0 Å². The van der Waals surface area contributed by atoms with Crippen molar-refractivity contribution in [3.05, 3.63) is 94.0 Å². The molecule has 3 amide bonds. The summed E-state index contributed by atoms with van der Waals surface area (Å²) in [5.74, 6) is -0.224. The SMILES string of the molecule is Cc1c(CCC(=O)OC(C)(C)C)cccc1NC(=O)C(c1ccc(CN2CCN(c3cccc(Cl)c3)C2=O)cc1)C1CCCC1. The number of nitrogens with one attached hydrogen (secondary N) is 1. The van der Waals surface area contributed by atoms with Gasteiger partial charge >= 0.3 is 12.0 Å². The summed E-state index contributed by atoms with van der Waals surface area (Å²) >= 11 is 6.15. The Balaban J connectivity index is 1.26. The highest BCUT2D eigenvalue weighted by molar-refractivity contribution is 6.30. The maximum atomic E-state index is 13.9. The van der Waals surface area contributed by atoms with Crippen molar-refractivity contribution in [2.45, 2.75) is 84.3 Å². The third-order valence-corrected chi connectivity index (χ3v) is 9.04. The van der Waals surface area contributed by atoms with Gasteiger partial charge in [-0.15, -0.1) is 0 Å². The number of esters is 1. The van der Waals surface area contributed by atoms with Gasteiger partial charge in [-0.05, 0) is 99.4 Å². The third kappa shape index (κ3) is 8.26. The maximum absolute atomic E-state index is 13.9. The van der Waals surface area contributed by atoms with Gasteiger partial charge in [-0.3, -0.25) is 14.5 Å². The predicted molar refractivity (Wildman–Crippen MR) is 180 cm³/mol. The number of carbonyl (C=O) groups is 3. The fraction of sp³-hybridized carbons (Fsp3) is 0.432. The molecule has 1 saturated heterocycles. The summed E-state index contributed by atoms with van der Waals surface area (Å²) < 4.78 is 5.47. The predicted octanol–water partition coefficient (Wildman–Crippen LogP) is 8.28. The molecule has 1 unspecified atom stereocenters. The Hall–Kier alpha value is -3.84. The summed E-state index contributed by atoms with van der Waals surface area (Å²) in [7, 11) is 0. The summed E-state index contributed by atoms with van der Waals surface area (Å²) in [6, 6.07) is 21.4. The van der Waals surface area contributed by atoms with Crippen molar-refractivity contribution in [1.82, 2.24) is 4.90 Å². The summed E-state index contributed by atoms with van der Waals surface area (Å²) in [4.78, 5) is 43.0. The van der Waals surface area contributed by atoms with E-state index in [0.29, 0.717) is 31.1 Å². The van der Waals surface area contributed by atoms with Crippen LogP contribution < -0.4 is 10.2 Å². The van der Waals surface area contributed by atoms with E-state index < -0.39 is 5.60 Å². The number of ether oxygens (including phenoxy) is 1. The number of aryl methyl sites for hydroxylation is 1. The average Bonchev–Trinajstić information content (AvgIpc) is 3.64. The standard InChI is InChI=1S/C37H44ClN3O4/c1-25-27(19-20-33(42)45-37(2,3)4)11-7-14-32(25)39-35(43)34(28-9-5-6-10-28)29-17-15-26(16-18-29)24-40-21-22-41(36(40)44)31-13-8-12-30(38)23-31/h7-8,11-18,23,28,34H,5-6,9-10,19-22,24H2,1-4H3,(H,39,43). The highest BCUT2D eigenvalue weighted by Crippen LogP contribution is 2.39. The van der Waals surface area contributed by atoms with E-state index in [4.69, 9.17) is 16.3 Å². The molecule has 8 heteroatoms. The lowest BCUT2D eigenvalue weighted by molar-refractivity contribution is -0.154. The molecule has 2 fully saturated rings. The van der Waals surface area contributed by atoms with E-state index >= 15 is 0 Å². The molecule has 1 saturated carbocycles. The molecule has 1 N–H and O–H groups in total. The summed E-state index contributed by atoms with van der Waals surface area (Å²) in [5, 5.41) is 3.84. The molecule has 1 heterocycles. The largest absolute Gasteiger partial charge is 0.460 e. The van der Waals surface area contributed by atoms with Crippen LogP contribution in [0.15, 0.2) is 66.7 Å². The zero-order valence-corrected chi connectivity index (χ0v) is 27.5. The van der Waals surface area contributed by atoms with E-state index in [2.05, 4.69) is 17.4 Å². The number of carbonyl (C=O) groups excluding carboxylic acids is 3. The highest BCUT2D eigenvalue weighted by Gasteiger charge is 2.33. The lowest BCUT2D eigenvalue weighted by atomic mass is 9.83. The van der Waals surface area contributed by atoms with E-state index in [1.54, 1.807) is 11.0 Å². The van der Waals surface area contributed by atoms with Crippen molar-refractivity contribution in [3.8, 4) is 0 Å². The number of hydrogen-bond donors (Lipinski definition) is 1. The highest BCUT2D eigenvalue weighted by atomic mass is 35.5. The molecule has 3 aromatic rings. The second-order valence-electron chi connectivity index (χ2n) is 13.3. The minimum Gasteiger partial charge on any atom is -0.460 e. The summed E-state index contributed by atoms with van der Waals surface area (Å²) in [5.41, 5.74) is 5.08. The van der Waals surface area contributed by atoms with Crippen LogP contribution >= 0.6 is 11.6 Å². The first-order valence-electron chi connectivity index (χ1n) is 16.0. The molecule has 1 aliphatic carbocycles. The number of nitrogens with zero attached hydrogens (tertiary/aromatic N) is 2. The van der Waals surface area contributed by atoms with Crippen LogP contribution in [0.2, 0.25) is 5.02 Å². The fourth-order valence-electron chi connectivity index (χ4n) is 6.52. The van der Waals surface area contributed by atoms with Crippen molar-refractivity contribution in [3.63, 3.8) is 0 Å². The minimum atomic E-state index is -0.514. The van der Waals surface area contributed by atoms with Crippen molar-refractivity contribution in [2.75, 3.05) is 23.3 Å². The van der Waals surface area contributed by atoms with Gasteiger partial charge in [-0.1, -0.05) is 66.9 Å². The van der Waals surface area contributed by atoms with Crippen LogP contribution in [0.4, 0.5) is 16.2 Å². The Morgan fingerprint density at radius 1 is 1.00 bits per heavy atom. The van der Waals surface area contributed by atoms with Crippen LogP contribution in [0, 0.1) is 12.8 Å². The normalized spacial score (nSPS) is 16.2. The molecule has 238 valence electrons. The molecular formula is C37H44ClN3O4. The first-order valence-corrected chi connectivity index (χ1v) is 16.4. The molecule has 7 nitrogen and oxygen atoms in total. The zero-order chi connectivity index (χ0) is 32.1. The molecule has 0 aromatic heterocycles. The van der Waals surface area contributed by atoms with Crippen LogP contribution in [0.3, 0.4) is 0 Å². The number of benzene rings is 3. The van der Waals surface area contributed by atoms with Gasteiger partial charge in [0.25, 0.3) is 0 Å². The van der Waals surface area contributed by atoms with Gasteiger partial charge in [0, 0.05) is 42.5 Å². The fourth-order valence-corrected chi connectivity index (χ4v) is 6.71. The Morgan fingerprint density at radius 3 is 2.40 bits per heavy atom. The van der Waals surface area contributed by atoms with Crippen molar-refractivity contribution in [1.29, 1.82) is 0 Å². The second kappa shape index (κ2) is 14.1. The smallest absolute Gasteiger partial charge is 0.324 e. The molecule has 45 heavy (non-hydrogen) atoms. The Kier molecular flexibility index (Phi) is 10.2. The summed E-state index contributed by atoms with van der Waals surface area (Å²) in [6.07, 6.45) is 5.15. The van der Waals surface area contributed by atoms with Crippen molar-refractivity contribution >= 4 is 40.9 Å². The molecule has 5 rings (SSSR count). The van der Waals surface area contributed by atoms with Gasteiger partial charge in [0.1, 0.15) is 5.60 Å². The number of amides is 3. The first kappa shape index (κ1) is 32.6. The number of anilines is 2. The lowest BCUT2D eigenvalue weighted by Crippen LogP contribution is -2.31. The maximum Gasteiger partial charge on any atom is 0.324 e. The molecule has 3 aromatic carbocycles. The van der Waals surface area contributed by atoms with E-state index in [1.165, 1.54) is 0 Å². The van der Waals surface area contributed by atoms with Gasteiger partial charge in [0.15, 0.2) is 0 Å². The molecule has 2 aliphatic rings. The Bertz CT molecular complexity index is 1530. The van der Waals surface area contributed by atoms with Crippen molar-refractivity contribution in [2.24, 2.45) is 5.92 Å². The van der Waals surface area contributed by atoms with Gasteiger partial charge in [0.05, 0.1) is 5.92 Å². The minimum absolute atomic E-state index is 0.00562. The molecule has 0 spiro atoms. The van der Waals surface area contributed by atoms with Crippen LogP contribution in [-0.4, -0.2) is 41.5 Å². The van der Waals surface area contributed by atoms with E-state index in [0.717, 1.165) is 59.3 Å². The van der Waals surface area contributed by atoms with Crippen LogP contribution in [0.5, 0.6) is 0 Å². The van der Waals surface area contributed by atoms with Crippen LogP contribution in [0.25, 0.3) is 0 Å². The second-order valence-corrected chi connectivity index (χ2v) is 13.7. The molecule has 1 atom stereocenters. The molecular weight excluding hydrogens is 586 g/mol. The topological polar surface area (TPSA) is 79.0 Å². The van der Waals surface area contributed by atoms with E-state index in [9.17, 15) is 14.4 Å². The number of hydrogen-bond acceptors (Lipinski definition) is 4. The first-order chi connectivity index (χ1) is 21.5. The number of rotatable bonds is 10. The Morgan fingerprint density at radius 2 is 1.71 bits per heavy atom. The molecule has 0 bridgehead atoms. The van der Waals surface area contributed by atoms with Gasteiger partial charge in [-0.25, -0.2) is 4.79 Å². The quantitative estimate of drug-likeness (QED) is 0.229. The van der Waals surface area contributed by atoms with E-state index in [1.807, 2.05) is 81.1 Å². The molecule has 1 aliphatic heterocycles. The number of halogens is 1. The van der Waals surface area contributed by atoms with Gasteiger partial charge in [0.2, 0.25) is 5.91 Å². The third-order valence-electron chi connectivity index (χ3n) is 8.80. The zero-order valence-electron chi connectivity index (χ0n) is 26.8. The Labute approximate surface area is 271 Å². The monoisotopic (exact) mass is 629 g/mol. The molecule has 0 radical (unpaired) electrons. The number of urea groups is 1. The van der Waals surface area contributed by atoms with Gasteiger partial charge in [-0.2, -0.15) is 0 Å². The van der Waals surface area contributed by atoms with Crippen LogP contribution in [0.1, 0.15) is 81.0 Å². The van der Waals surface area contributed by atoms with E-state index in [-0.39, 0.29) is 36.2 Å². The van der Waals surface area contributed by atoms with Crippen LogP contribution in [-0.2, 0) is 27.3 Å². The average molecular weight is 630 g/mol. The lowest BCUT2D eigenvalue weighted by Gasteiger charge is -2.25. The van der Waals surface area contributed by atoms with Crippen molar-refractivity contribution < 1.29 is 19.1 Å². The summed E-state index contributed by atoms with van der Waals surface area (Å²) in [6.45, 7) is 9.35.